The number of benzene rings is 1. The molecule has 2 aromatic rings. The van der Waals surface area contributed by atoms with E-state index in [1.54, 1.807) is 25.3 Å². The van der Waals surface area contributed by atoms with E-state index in [-0.39, 0.29) is 5.69 Å². The first-order valence-electron chi connectivity index (χ1n) is 6.48. The summed E-state index contributed by atoms with van der Waals surface area (Å²) in [6.07, 6.45) is 6.98. The fourth-order valence-corrected chi connectivity index (χ4v) is 2.02. The molecular formula is C15H13BrN4O3. The maximum atomic E-state index is 11.7. The largest absolute Gasteiger partial charge is 0.496 e. The van der Waals surface area contributed by atoms with E-state index in [1.807, 2.05) is 6.07 Å². The Morgan fingerprint density at radius 1 is 1.26 bits per heavy atom. The molecule has 0 fully saturated rings. The predicted octanol–water partition coefficient (Wildman–Crippen LogP) is 1.72. The third-order valence-corrected chi connectivity index (χ3v) is 3.19. The zero-order valence-electron chi connectivity index (χ0n) is 12.1. The maximum Gasteiger partial charge on any atom is 0.289 e. The van der Waals surface area contributed by atoms with Crippen LogP contribution in [-0.2, 0) is 4.79 Å². The molecule has 0 aliphatic heterocycles. The van der Waals surface area contributed by atoms with E-state index < -0.39 is 11.8 Å². The normalized spacial score (nSPS) is 10.3. The van der Waals surface area contributed by atoms with Crippen LogP contribution in [0.15, 0.2) is 47.3 Å². The number of nitrogens with one attached hydrogen (secondary N) is 2. The number of hydrogen-bond acceptors (Lipinski definition) is 5. The molecule has 1 aromatic carbocycles. The lowest BCUT2D eigenvalue weighted by atomic mass is 10.2. The van der Waals surface area contributed by atoms with E-state index in [9.17, 15) is 9.59 Å². The van der Waals surface area contributed by atoms with E-state index >= 15 is 0 Å². The predicted molar refractivity (Wildman–Crippen MR) is 87.4 cm³/mol. The minimum absolute atomic E-state index is 0.102. The van der Waals surface area contributed by atoms with Gasteiger partial charge in [-0.3, -0.25) is 25.4 Å². The van der Waals surface area contributed by atoms with Crippen LogP contribution in [0.4, 0.5) is 0 Å². The van der Waals surface area contributed by atoms with Gasteiger partial charge >= 0.3 is 0 Å². The first kappa shape index (κ1) is 16.6. The smallest absolute Gasteiger partial charge is 0.289 e. The van der Waals surface area contributed by atoms with E-state index in [4.69, 9.17) is 4.74 Å². The molecule has 0 spiro atoms. The highest BCUT2D eigenvalue weighted by Crippen LogP contribution is 2.23. The van der Waals surface area contributed by atoms with Crippen molar-refractivity contribution in [3.63, 3.8) is 0 Å². The minimum Gasteiger partial charge on any atom is -0.496 e. The third kappa shape index (κ3) is 4.89. The molecule has 0 saturated heterocycles. The highest BCUT2D eigenvalue weighted by Gasteiger charge is 2.07. The Balaban J connectivity index is 1.95. The van der Waals surface area contributed by atoms with Crippen molar-refractivity contribution in [1.29, 1.82) is 0 Å². The molecule has 7 nitrogen and oxygen atoms in total. The van der Waals surface area contributed by atoms with Gasteiger partial charge < -0.3 is 4.74 Å². The number of rotatable bonds is 4. The number of aromatic nitrogens is 2. The number of ether oxygens (including phenoxy) is 1. The minimum atomic E-state index is -0.556. The number of carbonyl (C=O) groups excluding carboxylic acids is 2. The highest BCUT2D eigenvalue weighted by molar-refractivity contribution is 9.10. The van der Waals surface area contributed by atoms with Gasteiger partial charge in [-0.05, 0) is 24.3 Å². The second kappa shape index (κ2) is 8.04. The fraction of sp³-hybridized carbons (Fsp3) is 0.0667. The number of nitrogens with zero attached hydrogens (tertiary/aromatic N) is 2. The number of hydrazine groups is 1. The van der Waals surface area contributed by atoms with Gasteiger partial charge in [0.1, 0.15) is 11.4 Å². The molecule has 1 aromatic heterocycles. The van der Waals surface area contributed by atoms with Gasteiger partial charge in [0.2, 0.25) is 0 Å². The van der Waals surface area contributed by atoms with Crippen LogP contribution in [0.5, 0.6) is 5.75 Å². The van der Waals surface area contributed by atoms with Gasteiger partial charge in [-0.1, -0.05) is 15.9 Å². The average Bonchev–Trinajstić information content (AvgIpc) is 2.58. The van der Waals surface area contributed by atoms with Gasteiger partial charge in [0, 0.05) is 28.5 Å². The molecule has 2 rings (SSSR count). The van der Waals surface area contributed by atoms with Crippen LogP contribution >= 0.6 is 15.9 Å². The van der Waals surface area contributed by atoms with E-state index in [1.165, 1.54) is 24.7 Å². The molecule has 23 heavy (non-hydrogen) atoms. The van der Waals surface area contributed by atoms with Gasteiger partial charge in [0.15, 0.2) is 0 Å². The topological polar surface area (TPSA) is 93.2 Å². The molecule has 0 unspecified atom stereocenters. The number of amides is 2. The van der Waals surface area contributed by atoms with Crippen molar-refractivity contribution in [2.75, 3.05) is 7.11 Å². The van der Waals surface area contributed by atoms with Gasteiger partial charge in [-0.2, -0.15) is 0 Å². The zero-order valence-corrected chi connectivity index (χ0v) is 13.7. The molecule has 0 atom stereocenters. The lowest BCUT2D eigenvalue weighted by molar-refractivity contribution is -0.117. The van der Waals surface area contributed by atoms with Gasteiger partial charge in [0.05, 0.1) is 13.3 Å². The van der Waals surface area contributed by atoms with Crippen LogP contribution in [0.1, 0.15) is 16.1 Å². The number of hydrogen-bond donors (Lipinski definition) is 2. The Morgan fingerprint density at radius 3 is 2.78 bits per heavy atom. The molecule has 0 saturated carbocycles. The standard InChI is InChI=1S/C15H13BrN4O3/c1-23-13-4-3-11(16)8-10(13)2-5-14(21)19-20-15(22)12-9-17-6-7-18-12/h2-9H,1H3,(H,19,21)(H,20,22)/b5-2+. The van der Waals surface area contributed by atoms with Crippen molar-refractivity contribution < 1.29 is 14.3 Å². The Hall–Kier alpha value is -2.74. The molecule has 0 aliphatic carbocycles. The molecule has 8 heteroatoms. The quantitative estimate of drug-likeness (QED) is 0.625. The Labute approximate surface area is 140 Å². The summed E-state index contributed by atoms with van der Waals surface area (Å²) in [5, 5.41) is 0. The van der Waals surface area contributed by atoms with Gasteiger partial charge in [-0.15, -0.1) is 0 Å². The summed E-state index contributed by atoms with van der Waals surface area (Å²) in [7, 11) is 1.54. The number of carbonyl (C=O) groups is 2. The average molecular weight is 377 g/mol. The van der Waals surface area contributed by atoms with Crippen LogP contribution in [0.2, 0.25) is 0 Å². The third-order valence-electron chi connectivity index (χ3n) is 2.70. The molecule has 118 valence electrons. The summed E-state index contributed by atoms with van der Waals surface area (Å²) in [5.74, 6) is -0.426. The van der Waals surface area contributed by atoms with Crippen LogP contribution < -0.4 is 15.6 Å². The van der Waals surface area contributed by atoms with E-state index in [0.29, 0.717) is 5.75 Å². The fourth-order valence-electron chi connectivity index (χ4n) is 1.64. The number of methoxy groups -OCH3 is 1. The molecule has 1 heterocycles. The second-order valence-corrected chi connectivity index (χ2v) is 5.17. The van der Waals surface area contributed by atoms with Crippen LogP contribution in [-0.4, -0.2) is 28.9 Å². The second-order valence-electron chi connectivity index (χ2n) is 4.25. The molecule has 0 bridgehead atoms. The van der Waals surface area contributed by atoms with Crippen molar-refractivity contribution in [2.45, 2.75) is 0 Å². The van der Waals surface area contributed by atoms with Crippen molar-refractivity contribution in [3.8, 4) is 5.75 Å². The Bertz CT molecular complexity index is 735. The van der Waals surface area contributed by atoms with Gasteiger partial charge in [0.25, 0.3) is 11.8 Å². The van der Waals surface area contributed by atoms with Crippen LogP contribution in [0.25, 0.3) is 6.08 Å². The molecule has 0 aliphatic rings. The molecule has 2 N–H and O–H groups in total. The van der Waals surface area contributed by atoms with Gasteiger partial charge in [-0.25, -0.2) is 4.98 Å². The van der Waals surface area contributed by atoms with Crippen molar-refractivity contribution >= 4 is 33.8 Å². The Morgan fingerprint density at radius 2 is 2.09 bits per heavy atom. The molecule has 0 radical (unpaired) electrons. The van der Waals surface area contributed by atoms with E-state index in [0.717, 1.165) is 10.0 Å². The summed E-state index contributed by atoms with van der Waals surface area (Å²) in [6.45, 7) is 0. The monoisotopic (exact) mass is 376 g/mol. The van der Waals surface area contributed by atoms with Crippen LogP contribution in [0, 0.1) is 0 Å². The summed E-state index contributed by atoms with van der Waals surface area (Å²) < 4.78 is 6.06. The lowest BCUT2D eigenvalue weighted by Crippen LogP contribution is -2.41. The highest BCUT2D eigenvalue weighted by atomic mass is 79.9. The first-order chi connectivity index (χ1) is 11.1. The van der Waals surface area contributed by atoms with Crippen molar-refractivity contribution in [2.24, 2.45) is 0 Å². The first-order valence-corrected chi connectivity index (χ1v) is 7.27. The lowest BCUT2D eigenvalue weighted by Gasteiger charge is -2.06. The van der Waals surface area contributed by atoms with E-state index in [2.05, 4.69) is 36.7 Å². The summed E-state index contributed by atoms with van der Waals surface area (Å²) in [4.78, 5) is 31.0. The zero-order chi connectivity index (χ0) is 16.7. The molecule has 2 amide bonds. The van der Waals surface area contributed by atoms with Crippen molar-refractivity contribution in [3.05, 3.63) is 58.6 Å². The SMILES string of the molecule is COc1ccc(Br)cc1/C=C/C(=O)NNC(=O)c1cnccn1. The van der Waals surface area contributed by atoms with Crippen LogP contribution in [0.3, 0.4) is 0 Å². The summed E-state index contributed by atoms with van der Waals surface area (Å²) in [5.41, 5.74) is 5.32. The molecular weight excluding hydrogens is 364 g/mol. The number of halogens is 1. The summed E-state index contributed by atoms with van der Waals surface area (Å²) in [6, 6.07) is 5.41. The summed E-state index contributed by atoms with van der Waals surface area (Å²) >= 11 is 3.35. The van der Waals surface area contributed by atoms with Crippen molar-refractivity contribution in [1.82, 2.24) is 20.8 Å². The maximum absolute atomic E-state index is 11.7. The Kier molecular flexibility index (Phi) is 5.81.